The van der Waals surface area contributed by atoms with Gasteiger partial charge in [0.05, 0.1) is 29.4 Å². The van der Waals surface area contributed by atoms with Crippen molar-refractivity contribution in [2.24, 2.45) is 0 Å². The maximum Gasteiger partial charge on any atom is 0.247 e. The molecule has 1 amide bonds. The second-order valence-electron chi connectivity index (χ2n) is 9.87. The number of hydrogen-bond acceptors (Lipinski definition) is 4. The van der Waals surface area contributed by atoms with Gasteiger partial charge in [0.2, 0.25) is 5.91 Å². The number of fused-ring (bicyclic) bond motifs is 2. The minimum Gasteiger partial charge on any atom is -0.485 e. The zero-order valence-corrected chi connectivity index (χ0v) is 23.1. The lowest BCUT2D eigenvalue weighted by molar-refractivity contribution is -0.119. The lowest BCUT2D eigenvalue weighted by atomic mass is 10.0. The summed E-state index contributed by atoms with van der Waals surface area (Å²) in [6, 6.07) is 28.2. The molecule has 0 aliphatic carbocycles. The van der Waals surface area contributed by atoms with Crippen molar-refractivity contribution in [2.75, 3.05) is 18.6 Å². The molecule has 1 aromatic heterocycles. The Morgan fingerprint density at radius 3 is 2.54 bits per heavy atom. The van der Waals surface area contributed by atoms with E-state index < -0.39 is 0 Å². The van der Waals surface area contributed by atoms with E-state index in [0.29, 0.717) is 12.4 Å². The van der Waals surface area contributed by atoms with E-state index in [0.717, 1.165) is 50.8 Å². The number of imidazole rings is 1. The largest absolute Gasteiger partial charge is 0.485 e. The number of aromatic nitrogens is 2. The van der Waals surface area contributed by atoms with Gasteiger partial charge < -0.3 is 18.9 Å². The summed E-state index contributed by atoms with van der Waals surface area (Å²) in [6.45, 7) is 7.03. The smallest absolute Gasteiger partial charge is 0.247 e. The van der Waals surface area contributed by atoms with E-state index in [-0.39, 0.29) is 25.1 Å². The highest BCUT2D eigenvalue weighted by Crippen LogP contribution is 2.30. The Kier molecular flexibility index (Phi) is 7.94. The Balaban J connectivity index is 1.51. The van der Waals surface area contributed by atoms with E-state index in [1.165, 1.54) is 0 Å². The van der Waals surface area contributed by atoms with Gasteiger partial charge in [-0.25, -0.2) is 4.98 Å². The average Bonchev–Trinajstić information content (AvgIpc) is 3.30. The van der Waals surface area contributed by atoms with Gasteiger partial charge in [0, 0.05) is 12.5 Å². The summed E-state index contributed by atoms with van der Waals surface area (Å²) >= 11 is 0. The number of anilines is 1. The van der Waals surface area contributed by atoms with Crippen molar-refractivity contribution in [2.45, 2.75) is 46.4 Å². The Morgan fingerprint density at radius 2 is 1.72 bits per heavy atom. The van der Waals surface area contributed by atoms with Gasteiger partial charge >= 0.3 is 0 Å². The van der Waals surface area contributed by atoms with E-state index in [2.05, 4.69) is 44.2 Å². The average molecular weight is 522 g/mol. The highest BCUT2D eigenvalue weighted by Gasteiger charge is 2.27. The first-order valence-electron chi connectivity index (χ1n) is 13.5. The summed E-state index contributed by atoms with van der Waals surface area (Å²) in [5, 5.41) is 2.16. The molecule has 5 aromatic rings. The molecule has 1 atom stereocenters. The van der Waals surface area contributed by atoms with Crippen molar-refractivity contribution < 1.29 is 14.3 Å². The normalized spacial score (nSPS) is 12.1. The van der Waals surface area contributed by atoms with Crippen LogP contribution in [0.1, 0.15) is 30.8 Å². The summed E-state index contributed by atoms with van der Waals surface area (Å²) in [5.74, 6) is 1.48. The molecule has 6 nitrogen and oxygen atoms in total. The summed E-state index contributed by atoms with van der Waals surface area (Å²) in [4.78, 5) is 20.9. The van der Waals surface area contributed by atoms with E-state index in [9.17, 15) is 4.79 Å². The molecule has 4 aromatic carbocycles. The van der Waals surface area contributed by atoms with Crippen LogP contribution in [0.3, 0.4) is 0 Å². The first-order chi connectivity index (χ1) is 19.0. The molecule has 0 saturated heterocycles. The van der Waals surface area contributed by atoms with Crippen LogP contribution in [0.5, 0.6) is 5.75 Å². The molecule has 0 saturated carbocycles. The van der Waals surface area contributed by atoms with Crippen molar-refractivity contribution in [3.63, 3.8) is 0 Å². The van der Waals surface area contributed by atoms with E-state index >= 15 is 0 Å². The molecule has 0 unspecified atom stereocenters. The van der Waals surface area contributed by atoms with E-state index in [1.54, 1.807) is 7.11 Å². The Bertz CT molecular complexity index is 1600. The third-order valence-electron chi connectivity index (χ3n) is 7.19. The van der Waals surface area contributed by atoms with E-state index in [4.69, 9.17) is 14.5 Å². The van der Waals surface area contributed by atoms with Gasteiger partial charge in [-0.05, 0) is 55.0 Å². The lowest BCUT2D eigenvalue weighted by Gasteiger charge is -2.32. The second kappa shape index (κ2) is 11.7. The molecule has 200 valence electrons. The number of ether oxygens (including phenoxy) is 2. The topological polar surface area (TPSA) is 56.6 Å². The summed E-state index contributed by atoms with van der Waals surface area (Å²) < 4.78 is 13.8. The first-order valence-corrected chi connectivity index (χ1v) is 13.5. The molecular weight excluding hydrogens is 486 g/mol. The SMILES string of the molecule is CCc1cccc(C)c1N(C(=O)Cn1c(COc2cccc3ccccc23)nc2ccccc21)[C@@H](C)COC. The maximum absolute atomic E-state index is 14.2. The van der Waals surface area contributed by atoms with Crippen LogP contribution in [-0.4, -0.2) is 35.2 Å². The lowest BCUT2D eigenvalue weighted by Crippen LogP contribution is -2.44. The number of methoxy groups -OCH3 is 1. The number of para-hydroxylation sites is 3. The van der Waals surface area contributed by atoms with Gasteiger partial charge in [-0.15, -0.1) is 0 Å². The van der Waals surface area contributed by atoms with E-state index in [1.807, 2.05) is 71.0 Å². The molecule has 0 fully saturated rings. The molecule has 0 aliphatic heterocycles. The predicted octanol–water partition coefficient (Wildman–Crippen LogP) is 6.71. The maximum atomic E-state index is 14.2. The zero-order valence-electron chi connectivity index (χ0n) is 23.1. The van der Waals surface area contributed by atoms with Crippen LogP contribution in [0.25, 0.3) is 21.8 Å². The van der Waals surface area contributed by atoms with Crippen molar-refractivity contribution in [1.29, 1.82) is 0 Å². The first kappa shape index (κ1) is 26.4. The molecule has 0 radical (unpaired) electrons. The number of carbonyl (C=O) groups is 1. The molecule has 0 spiro atoms. The highest BCUT2D eigenvalue weighted by molar-refractivity contribution is 5.96. The minimum absolute atomic E-state index is 0.0156. The molecule has 0 N–H and O–H groups in total. The van der Waals surface area contributed by atoms with Gasteiger partial charge in [-0.3, -0.25) is 4.79 Å². The third-order valence-corrected chi connectivity index (χ3v) is 7.19. The number of nitrogens with zero attached hydrogens (tertiary/aromatic N) is 3. The summed E-state index contributed by atoms with van der Waals surface area (Å²) in [7, 11) is 1.67. The van der Waals surface area contributed by atoms with Crippen LogP contribution < -0.4 is 9.64 Å². The van der Waals surface area contributed by atoms with Gasteiger partial charge in [-0.2, -0.15) is 0 Å². The zero-order chi connectivity index (χ0) is 27.4. The van der Waals surface area contributed by atoms with Crippen molar-refractivity contribution in [3.05, 3.63) is 102 Å². The van der Waals surface area contributed by atoms with Crippen molar-refractivity contribution in [1.82, 2.24) is 9.55 Å². The van der Waals surface area contributed by atoms with Gasteiger partial charge in [-0.1, -0.05) is 73.7 Å². The fraction of sp³-hybridized carbons (Fsp3) is 0.273. The van der Waals surface area contributed by atoms with Crippen LogP contribution in [0.15, 0.2) is 84.9 Å². The third kappa shape index (κ3) is 5.38. The molecule has 6 heteroatoms. The number of aryl methyl sites for hydroxylation is 2. The fourth-order valence-corrected chi connectivity index (χ4v) is 5.34. The standard InChI is InChI=1S/C33H35N3O3/c1-5-25-14-10-12-23(2)33(25)36(24(3)21-38-4)32(37)20-35-29-18-9-8-17-28(29)34-31(35)22-39-30-19-11-15-26-13-6-7-16-27(26)30/h6-19,24H,5,20-22H2,1-4H3/t24-/m0/s1. The molecule has 39 heavy (non-hydrogen) atoms. The van der Waals surface area contributed by atoms with Gasteiger partial charge in [0.15, 0.2) is 0 Å². The number of hydrogen-bond donors (Lipinski definition) is 0. The molecule has 5 rings (SSSR count). The van der Waals surface area contributed by atoms with Crippen LogP contribution in [0, 0.1) is 6.92 Å². The predicted molar refractivity (Wildman–Crippen MR) is 157 cm³/mol. The number of benzene rings is 4. The van der Waals surface area contributed by atoms with Crippen LogP contribution >= 0.6 is 0 Å². The molecule has 1 heterocycles. The highest BCUT2D eigenvalue weighted by atomic mass is 16.5. The Labute approximate surface area is 229 Å². The number of rotatable bonds is 10. The van der Waals surface area contributed by atoms with Crippen LogP contribution in [-0.2, 0) is 29.1 Å². The summed E-state index contributed by atoms with van der Waals surface area (Å²) in [6.07, 6.45) is 0.832. The van der Waals surface area contributed by atoms with Crippen molar-refractivity contribution in [3.8, 4) is 5.75 Å². The number of carbonyl (C=O) groups excluding carboxylic acids is 1. The fourth-order valence-electron chi connectivity index (χ4n) is 5.34. The van der Waals surface area contributed by atoms with Gasteiger partial charge in [0.1, 0.15) is 24.7 Å². The monoisotopic (exact) mass is 521 g/mol. The quantitative estimate of drug-likeness (QED) is 0.205. The molecule has 0 aliphatic rings. The Hall–Kier alpha value is -4.16. The molecule has 0 bridgehead atoms. The van der Waals surface area contributed by atoms with Crippen LogP contribution in [0.4, 0.5) is 5.69 Å². The summed E-state index contributed by atoms with van der Waals surface area (Å²) in [5.41, 5.74) is 4.92. The second-order valence-corrected chi connectivity index (χ2v) is 9.87. The van der Waals surface area contributed by atoms with Gasteiger partial charge in [0.25, 0.3) is 0 Å². The number of amides is 1. The Morgan fingerprint density at radius 1 is 0.974 bits per heavy atom. The van der Waals surface area contributed by atoms with Crippen LogP contribution in [0.2, 0.25) is 0 Å². The minimum atomic E-state index is -0.140. The van der Waals surface area contributed by atoms with Crippen molar-refractivity contribution >= 4 is 33.4 Å². The molecular formula is C33H35N3O3.